The molecule has 1 aromatic carbocycles. The molecule has 136 valence electrons. The van der Waals surface area contributed by atoms with Crippen LogP contribution in [0.3, 0.4) is 0 Å². The number of amidine groups is 1. The van der Waals surface area contributed by atoms with Crippen LogP contribution in [0.15, 0.2) is 23.2 Å². The lowest BCUT2D eigenvalue weighted by Crippen LogP contribution is -2.28. The molecule has 0 aliphatic rings. The molecule has 0 atom stereocenters. The number of halogens is 3. The second kappa shape index (κ2) is 7.73. The van der Waals surface area contributed by atoms with Crippen LogP contribution in [0.4, 0.5) is 18.9 Å². The minimum Gasteiger partial charge on any atom is -0.485 e. The summed E-state index contributed by atoms with van der Waals surface area (Å²) < 4.78 is 68.4. The van der Waals surface area contributed by atoms with Crippen LogP contribution in [0.2, 0.25) is 0 Å². The van der Waals surface area contributed by atoms with E-state index in [0.717, 1.165) is 10.6 Å². The lowest BCUT2D eigenvalue weighted by molar-refractivity contribution is -0.127. The van der Waals surface area contributed by atoms with Crippen LogP contribution in [-0.4, -0.2) is 54.4 Å². The van der Waals surface area contributed by atoms with Crippen molar-refractivity contribution in [3.8, 4) is 5.75 Å². The van der Waals surface area contributed by atoms with Gasteiger partial charge in [0, 0.05) is 26.7 Å². The molecule has 24 heavy (non-hydrogen) atoms. The lowest BCUT2D eigenvalue weighted by atomic mass is 10.1. The summed E-state index contributed by atoms with van der Waals surface area (Å²) in [6, 6.07) is 4.11. The highest BCUT2D eigenvalue weighted by Gasteiger charge is 2.32. The Morgan fingerprint density at radius 3 is 2.46 bits per heavy atom. The number of ether oxygens (including phenoxy) is 1. The number of hydrogen-bond donors (Lipinski definition) is 1. The van der Waals surface area contributed by atoms with Gasteiger partial charge in [-0.2, -0.15) is 13.2 Å². The zero-order chi connectivity index (χ0) is 18.5. The van der Waals surface area contributed by atoms with Crippen LogP contribution in [0, 0.1) is 0 Å². The Balaban J connectivity index is 3.32. The molecule has 0 aromatic heterocycles. The summed E-state index contributed by atoms with van der Waals surface area (Å²) >= 11 is 0. The van der Waals surface area contributed by atoms with E-state index in [9.17, 15) is 21.6 Å². The van der Waals surface area contributed by atoms with Crippen molar-refractivity contribution in [3.05, 3.63) is 23.8 Å². The molecule has 0 amide bonds. The molecule has 0 fully saturated rings. The van der Waals surface area contributed by atoms with Crippen LogP contribution in [0.5, 0.6) is 5.75 Å². The average Bonchev–Trinajstić information content (AvgIpc) is 2.46. The Morgan fingerprint density at radius 2 is 2.00 bits per heavy atom. The predicted molar refractivity (Wildman–Crippen MR) is 87.4 cm³/mol. The number of rotatable bonds is 6. The summed E-state index contributed by atoms with van der Waals surface area (Å²) in [7, 11) is 0.599. The number of alkyl halides is 3. The van der Waals surface area contributed by atoms with Crippen LogP contribution in [0.25, 0.3) is 0 Å². The Hall–Kier alpha value is -1.97. The van der Waals surface area contributed by atoms with Crippen molar-refractivity contribution in [1.29, 1.82) is 0 Å². The highest BCUT2D eigenvalue weighted by molar-refractivity contribution is 7.92. The monoisotopic (exact) mass is 367 g/mol. The van der Waals surface area contributed by atoms with Gasteiger partial charge >= 0.3 is 6.18 Å². The topological polar surface area (TPSA) is 71.0 Å². The lowest BCUT2D eigenvalue weighted by Gasteiger charge is -2.23. The second-order valence-electron chi connectivity index (χ2n) is 4.99. The van der Waals surface area contributed by atoms with Gasteiger partial charge in [0.05, 0.1) is 18.4 Å². The van der Waals surface area contributed by atoms with E-state index in [2.05, 4.69) is 10.3 Å². The highest BCUT2D eigenvalue weighted by atomic mass is 32.2. The number of nitrogens with one attached hydrogen (secondary N) is 1. The van der Waals surface area contributed by atoms with Gasteiger partial charge in [-0.15, -0.1) is 0 Å². The molecule has 0 aliphatic heterocycles. The molecular weight excluding hydrogens is 347 g/mol. The molecule has 1 rings (SSSR count). The van der Waals surface area contributed by atoms with Gasteiger partial charge in [0.15, 0.2) is 0 Å². The zero-order valence-corrected chi connectivity index (χ0v) is 14.6. The first kappa shape index (κ1) is 20.1. The SMILES string of the molecule is CN=C(COc1cccc(N(C)S(C)(=O)=O)c1CC(F)(F)F)NC. The third kappa shape index (κ3) is 5.59. The number of benzene rings is 1. The van der Waals surface area contributed by atoms with Gasteiger partial charge in [0.2, 0.25) is 10.0 Å². The first-order valence-electron chi connectivity index (χ1n) is 6.88. The third-order valence-corrected chi connectivity index (χ3v) is 4.44. The van der Waals surface area contributed by atoms with Gasteiger partial charge in [-0.3, -0.25) is 9.30 Å². The first-order chi connectivity index (χ1) is 11.0. The molecule has 1 N–H and O–H groups in total. The molecule has 0 saturated heterocycles. The van der Waals surface area contributed by atoms with E-state index in [1.54, 1.807) is 7.05 Å². The maximum atomic E-state index is 12.9. The molecule has 10 heteroatoms. The van der Waals surface area contributed by atoms with Crippen molar-refractivity contribution in [1.82, 2.24) is 5.32 Å². The summed E-state index contributed by atoms with van der Waals surface area (Å²) in [5.74, 6) is 0.395. The minimum atomic E-state index is -4.52. The van der Waals surface area contributed by atoms with Gasteiger partial charge in [0.25, 0.3) is 0 Å². The highest BCUT2D eigenvalue weighted by Crippen LogP contribution is 2.35. The molecule has 0 spiro atoms. The smallest absolute Gasteiger partial charge is 0.393 e. The number of anilines is 1. The normalized spacial score (nSPS) is 12.9. The largest absolute Gasteiger partial charge is 0.485 e. The van der Waals surface area contributed by atoms with Crippen LogP contribution >= 0.6 is 0 Å². The Bertz CT molecular complexity index is 703. The fourth-order valence-corrected chi connectivity index (χ4v) is 2.46. The quantitative estimate of drug-likeness (QED) is 0.615. The van der Waals surface area contributed by atoms with Crippen molar-refractivity contribution >= 4 is 21.5 Å². The van der Waals surface area contributed by atoms with Crippen molar-refractivity contribution in [3.63, 3.8) is 0 Å². The molecular formula is C14H20F3N3O3S. The maximum Gasteiger partial charge on any atom is 0.393 e. The molecule has 1 aromatic rings. The van der Waals surface area contributed by atoms with Gasteiger partial charge < -0.3 is 10.1 Å². The number of sulfonamides is 1. The Kier molecular flexibility index (Phi) is 6.47. The second-order valence-corrected chi connectivity index (χ2v) is 7.00. The molecule has 0 aliphatic carbocycles. The third-order valence-electron chi connectivity index (χ3n) is 3.25. The van der Waals surface area contributed by atoms with Crippen molar-refractivity contribution < 1.29 is 26.3 Å². The van der Waals surface area contributed by atoms with E-state index in [4.69, 9.17) is 4.74 Å². The van der Waals surface area contributed by atoms with Gasteiger partial charge in [-0.05, 0) is 12.1 Å². The van der Waals surface area contributed by atoms with Gasteiger partial charge in [-0.1, -0.05) is 6.07 Å². The van der Waals surface area contributed by atoms with Crippen molar-refractivity contribution in [2.45, 2.75) is 12.6 Å². The molecule has 6 nitrogen and oxygen atoms in total. The van der Waals surface area contributed by atoms with Crippen molar-refractivity contribution in [2.24, 2.45) is 4.99 Å². The van der Waals surface area contributed by atoms with E-state index < -0.39 is 22.6 Å². The van der Waals surface area contributed by atoms with E-state index >= 15 is 0 Å². The van der Waals surface area contributed by atoms with Crippen LogP contribution in [-0.2, 0) is 16.4 Å². The van der Waals surface area contributed by atoms with E-state index in [1.165, 1.54) is 32.3 Å². The zero-order valence-electron chi connectivity index (χ0n) is 13.8. The van der Waals surface area contributed by atoms with E-state index in [0.29, 0.717) is 5.84 Å². The average molecular weight is 367 g/mol. The summed E-state index contributed by atoms with van der Waals surface area (Å²) in [5, 5.41) is 2.75. The summed E-state index contributed by atoms with van der Waals surface area (Å²) in [6.45, 7) is -0.0656. The molecule has 0 saturated carbocycles. The van der Waals surface area contributed by atoms with E-state index in [1.807, 2.05) is 0 Å². The fourth-order valence-electron chi connectivity index (χ4n) is 1.94. The Morgan fingerprint density at radius 1 is 1.38 bits per heavy atom. The summed E-state index contributed by atoms with van der Waals surface area (Å²) in [6.07, 6.45) is -4.91. The standard InChI is InChI=1S/C14H20F3N3O3S/c1-18-13(19-2)9-23-12-7-5-6-11(20(3)24(4,21)22)10(12)8-14(15,16)17/h5-7H,8-9H2,1-4H3,(H,18,19). The molecule has 0 radical (unpaired) electrons. The maximum absolute atomic E-state index is 12.9. The predicted octanol–water partition coefficient (Wildman–Crippen LogP) is 1.81. The number of likely N-dealkylation sites (N-methyl/N-ethyl adjacent to an activating group) is 1. The molecule has 0 bridgehead atoms. The minimum absolute atomic E-state index is 0.0447. The van der Waals surface area contributed by atoms with Crippen LogP contribution < -0.4 is 14.4 Å². The molecule has 0 unspecified atom stereocenters. The van der Waals surface area contributed by atoms with Gasteiger partial charge in [-0.25, -0.2) is 8.42 Å². The van der Waals surface area contributed by atoms with E-state index in [-0.39, 0.29) is 23.6 Å². The summed E-state index contributed by atoms with van der Waals surface area (Å²) in [4.78, 5) is 3.87. The van der Waals surface area contributed by atoms with Crippen LogP contribution in [0.1, 0.15) is 5.56 Å². The number of hydrogen-bond acceptors (Lipinski definition) is 4. The molecule has 0 heterocycles. The van der Waals surface area contributed by atoms with Crippen molar-refractivity contribution in [2.75, 3.05) is 38.3 Å². The number of nitrogens with zero attached hydrogens (tertiary/aromatic N) is 2. The summed E-state index contributed by atoms with van der Waals surface area (Å²) in [5.41, 5.74) is -0.323. The number of aliphatic imine (C=N–C) groups is 1. The van der Waals surface area contributed by atoms with Gasteiger partial charge in [0.1, 0.15) is 18.2 Å². The fraction of sp³-hybridized carbons (Fsp3) is 0.500. The Labute approximate surface area is 139 Å². The first-order valence-corrected chi connectivity index (χ1v) is 8.73.